The van der Waals surface area contributed by atoms with Crippen molar-refractivity contribution in [3.8, 4) is 0 Å². The molecule has 2 fully saturated rings. The molecule has 2 heterocycles. The monoisotopic (exact) mass is 378 g/mol. The van der Waals surface area contributed by atoms with Crippen LogP contribution in [0.25, 0.3) is 0 Å². The van der Waals surface area contributed by atoms with Crippen LogP contribution < -0.4 is 5.32 Å². The zero-order valence-electron chi connectivity index (χ0n) is 15.9. The third kappa shape index (κ3) is 4.81. The van der Waals surface area contributed by atoms with Crippen LogP contribution in [0, 0.1) is 11.8 Å². The number of likely N-dealkylation sites (tertiary alicyclic amines) is 1. The van der Waals surface area contributed by atoms with E-state index in [0.717, 1.165) is 17.1 Å². The van der Waals surface area contributed by atoms with Gasteiger partial charge in [-0.25, -0.2) is 0 Å². The summed E-state index contributed by atoms with van der Waals surface area (Å²) in [7, 11) is 0. The van der Waals surface area contributed by atoms with Crippen LogP contribution in [-0.4, -0.2) is 39.4 Å². The molecule has 0 bridgehead atoms. The average molecular weight is 379 g/mol. The minimum absolute atomic E-state index is 0.0502. The van der Waals surface area contributed by atoms with Crippen molar-refractivity contribution in [2.75, 3.05) is 13.1 Å². The number of amides is 2. The number of hydrogen-bond donors (Lipinski definition) is 1. The molecule has 6 nitrogen and oxygen atoms in total. The smallest absolute Gasteiger partial charge is 0.225 e. The number of nitrogens with one attached hydrogen (secondary N) is 1. The van der Waals surface area contributed by atoms with Gasteiger partial charge in [-0.05, 0) is 42.6 Å². The fourth-order valence-electron chi connectivity index (χ4n) is 4.07. The summed E-state index contributed by atoms with van der Waals surface area (Å²) in [6, 6.07) is 0. The summed E-state index contributed by atoms with van der Waals surface area (Å²) in [5.74, 6) is 1.09. The zero-order valence-corrected chi connectivity index (χ0v) is 16.7. The lowest BCUT2D eigenvalue weighted by Gasteiger charge is -2.35. The van der Waals surface area contributed by atoms with Crippen LogP contribution in [0.3, 0.4) is 0 Å². The number of hydrogen-bond acceptors (Lipinski definition) is 5. The summed E-state index contributed by atoms with van der Waals surface area (Å²) in [4.78, 5) is 27.9. The van der Waals surface area contributed by atoms with Crippen molar-refractivity contribution in [3.63, 3.8) is 0 Å². The Morgan fingerprint density at radius 2 is 2.04 bits per heavy atom. The van der Waals surface area contributed by atoms with Crippen LogP contribution in [0.1, 0.15) is 75.3 Å². The average Bonchev–Trinajstić information content (AvgIpc) is 3.11. The Kier molecular flexibility index (Phi) is 6.62. The SMILES string of the molecule is CC(C)c1nnsc1CNC(=O)C1CCC(=O)N(CC2CCCCC2)C1. The standard InChI is InChI=1S/C19H30N4O2S/c1-13(2)18-16(26-22-21-18)10-20-19(25)15-8-9-17(24)23(12-15)11-14-6-4-3-5-7-14/h13-15H,3-12H2,1-2H3,(H,20,25). The van der Waals surface area contributed by atoms with Crippen molar-refractivity contribution >= 4 is 23.3 Å². The Morgan fingerprint density at radius 3 is 2.77 bits per heavy atom. The summed E-state index contributed by atoms with van der Waals surface area (Å²) in [6.07, 6.45) is 7.46. The van der Waals surface area contributed by atoms with Crippen LogP contribution >= 0.6 is 11.5 Å². The Hall–Kier alpha value is -1.50. The number of nitrogens with zero attached hydrogens (tertiary/aromatic N) is 3. The maximum absolute atomic E-state index is 12.6. The third-order valence-corrected chi connectivity index (χ3v) is 6.37. The van der Waals surface area contributed by atoms with Gasteiger partial charge in [-0.1, -0.05) is 37.6 Å². The van der Waals surface area contributed by atoms with Gasteiger partial charge in [-0.3, -0.25) is 9.59 Å². The molecule has 2 amide bonds. The molecule has 7 heteroatoms. The highest BCUT2D eigenvalue weighted by Gasteiger charge is 2.31. The molecule has 0 radical (unpaired) electrons. The van der Waals surface area contributed by atoms with Crippen LogP contribution in [0.15, 0.2) is 0 Å². The predicted octanol–water partition coefficient (Wildman–Crippen LogP) is 3.10. The first-order valence-electron chi connectivity index (χ1n) is 9.91. The van der Waals surface area contributed by atoms with Crippen molar-refractivity contribution in [1.82, 2.24) is 19.8 Å². The first-order chi connectivity index (χ1) is 12.5. The molecule has 2 aliphatic rings. The van der Waals surface area contributed by atoms with Gasteiger partial charge in [-0.2, -0.15) is 0 Å². The van der Waals surface area contributed by atoms with E-state index in [4.69, 9.17) is 0 Å². The molecular formula is C19H30N4O2S. The van der Waals surface area contributed by atoms with Gasteiger partial charge in [-0.15, -0.1) is 5.10 Å². The summed E-state index contributed by atoms with van der Waals surface area (Å²) in [6.45, 7) is 6.05. The second-order valence-corrected chi connectivity index (χ2v) is 8.83. The topological polar surface area (TPSA) is 75.2 Å². The molecule has 3 rings (SSSR count). The molecule has 1 aromatic rings. The maximum atomic E-state index is 12.6. The second-order valence-electron chi connectivity index (χ2n) is 7.99. The first-order valence-corrected chi connectivity index (χ1v) is 10.7. The molecule has 1 saturated heterocycles. The lowest BCUT2D eigenvalue weighted by atomic mass is 9.87. The number of piperidine rings is 1. The highest BCUT2D eigenvalue weighted by molar-refractivity contribution is 7.05. The normalized spacial score (nSPS) is 22.0. The molecule has 1 unspecified atom stereocenters. The third-order valence-electron chi connectivity index (χ3n) is 5.63. The largest absolute Gasteiger partial charge is 0.351 e. The van der Waals surface area contributed by atoms with E-state index in [1.54, 1.807) is 0 Å². The zero-order chi connectivity index (χ0) is 18.5. The Balaban J connectivity index is 1.52. The molecular weight excluding hydrogens is 348 g/mol. The van der Waals surface area contributed by atoms with Gasteiger partial charge >= 0.3 is 0 Å². The summed E-state index contributed by atoms with van der Waals surface area (Å²) in [5.41, 5.74) is 0.966. The van der Waals surface area contributed by atoms with Crippen LogP contribution in [0.4, 0.5) is 0 Å². The van der Waals surface area contributed by atoms with Gasteiger partial charge in [0.15, 0.2) is 0 Å². The van der Waals surface area contributed by atoms with Crippen molar-refractivity contribution in [2.45, 2.75) is 71.3 Å². The first kappa shape index (κ1) is 19.3. The van der Waals surface area contributed by atoms with Crippen LogP contribution in [-0.2, 0) is 16.1 Å². The molecule has 144 valence electrons. The van der Waals surface area contributed by atoms with E-state index in [-0.39, 0.29) is 17.7 Å². The Labute approximate surface area is 159 Å². The minimum atomic E-state index is -0.0975. The van der Waals surface area contributed by atoms with Gasteiger partial charge < -0.3 is 10.2 Å². The van der Waals surface area contributed by atoms with E-state index in [0.29, 0.717) is 37.8 Å². The van der Waals surface area contributed by atoms with Gasteiger partial charge in [0.1, 0.15) is 0 Å². The second kappa shape index (κ2) is 8.93. The molecule has 1 N–H and O–H groups in total. The quantitative estimate of drug-likeness (QED) is 0.825. The lowest BCUT2D eigenvalue weighted by Crippen LogP contribution is -2.47. The van der Waals surface area contributed by atoms with Gasteiger partial charge in [0.05, 0.1) is 23.0 Å². The van der Waals surface area contributed by atoms with E-state index in [2.05, 4.69) is 28.8 Å². The van der Waals surface area contributed by atoms with Crippen molar-refractivity contribution in [1.29, 1.82) is 0 Å². The number of aromatic nitrogens is 2. The van der Waals surface area contributed by atoms with Gasteiger partial charge in [0.2, 0.25) is 11.8 Å². The number of carbonyl (C=O) groups is 2. The molecule has 1 aliphatic heterocycles. The van der Waals surface area contributed by atoms with E-state index >= 15 is 0 Å². The van der Waals surface area contributed by atoms with Crippen LogP contribution in [0.2, 0.25) is 0 Å². The minimum Gasteiger partial charge on any atom is -0.351 e. The van der Waals surface area contributed by atoms with Gasteiger partial charge in [0, 0.05) is 19.5 Å². The number of carbonyl (C=O) groups excluding carboxylic acids is 2. The van der Waals surface area contributed by atoms with E-state index in [1.165, 1.54) is 43.6 Å². The molecule has 1 atom stereocenters. The van der Waals surface area contributed by atoms with Gasteiger partial charge in [0.25, 0.3) is 0 Å². The highest BCUT2D eigenvalue weighted by atomic mass is 32.1. The van der Waals surface area contributed by atoms with Crippen LogP contribution in [0.5, 0.6) is 0 Å². The molecule has 1 aromatic heterocycles. The lowest BCUT2D eigenvalue weighted by molar-refractivity contribution is -0.139. The molecule has 1 saturated carbocycles. The summed E-state index contributed by atoms with van der Waals surface area (Å²) in [5, 5.41) is 7.20. The van der Waals surface area contributed by atoms with Crippen molar-refractivity contribution in [2.24, 2.45) is 11.8 Å². The number of rotatable bonds is 6. The van der Waals surface area contributed by atoms with Crippen molar-refractivity contribution in [3.05, 3.63) is 10.6 Å². The van der Waals surface area contributed by atoms with Crippen molar-refractivity contribution < 1.29 is 9.59 Å². The highest BCUT2D eigenvalue weighted by Crippen LogP contribution is 2.27. The van der Waals surface area contributed by atoms with E-state index < -0.39 is 0 Å². The fourth-order valence-corrected chi connectivity index (χ4v) is 4.81. The summed E-state index contributed by atoms with van der Waals surface area (Å²) < 4.78 is 4.01. The van der Waals surface area contributed by atoms with E-state index in [1.807, 2.05) is 4.90 Å². The molecule has 0 spiro atoms. The summed E-state index contributed by atoms with van der Waals surface area (Å²) >= 11 is 1.35. The Morgan fingerprint density at radius 1 is 1.27 bits per heavy atom. The Bertz CT molecular complexity index is 625. The maximum Gasteiger partial charge on any atom is 0.225 e. The molecule has 1 aliphatic carbocycles. The predicted molar refractivity (Wildman–Crippen MR) is 102 cm³/mol. The van der Waals surface area contributed by atoms with E-state index in [9.17, 15) is 9.59 Å². The molecule has 0 aromatic carbocycles. The molecule has 26 heavy (non-hydrogen) atoms. The fraction of sp³-hybridized carbons (Fsp3) is 0.789.